The number of hydrogen-bond donors (Lipinski definition) is 1. The van der Waals surface area contributed by atoms with Crippen molar-refractivity contribution >= 4 is 0 Å². The third-order valence-corrected chi connectivity index (χ3v) is 3.46. The van der Waals surface area contributed by atoms with Crippen LogP contribution in [0.2, 0.25) is 0 Å². The lowest BCUT2D eigenvalue weighted by atomic mass is 9.97. The average Bonchev–Trinajstić information content (AvgIpc) is 2.61. The zero-order valence-corrected chi connectivity index (χ0v) is 8.79. The minimum atomic E-state index is -0.757. The summed E-state index contributed by atoms with van der Waals surface area (Å²) < 4.78 is 15.1. The summed E-state index contributed by atoms with van der Waals surface area (Å²) in [5.41, 5.74) is 6.58. The van der Waals surface area contributed by atoms with Crippen molar-refractivity contribution in [2.45, 2.75) is 32.5 Å². The topological polar surface area (TPSA) is 43.8 Å². The van der Waals surface area contributed by atoms with Crippen molar-refractivity contribution in [3.05, 3.63) is 17.7 Å². The molecule has 2 rings (SSSR count). The zero-order valence-electron chi connectivity index (χ0n) is 8.79. The molecule has 0 spiro atoms. The minimum Gasteiger partial charge on any atom is -0.334 e. The Morgan fingerprint density at radius 1 is 1.79 bits per heavy atom. The van der Waals surface area contributed by atoms with Crippen molar-refractivity contribution in [3.8, 4) is 0 Å². The second-order valence-electron chi connectivity index (χ2n) is 4.44. The van der Waals surface area contributed by atoms with Gasteiger partial charge in [-0.05, 0) is 13.3 Å². The zero-order chi connectivity index (χ0) is 10.5. The Morgan fingerprint density at radius 2 is 2.36 bits per heavy atom. The van der Waals surface area contributed by atoms with Crippen LogP contribution in [-0.2, 0) is 7.05 Å². The fraction of sp³-hybridized carbons (Fsp3) is 0.700. The molecule has 0 radical (unpaired) electrons. The Bertz CT molecular complexity index is 360. The molecule has 0 amide bonds. The first-order chi connectivity index (χ1) is 6.47. The van der Waals surface area contributed by atoms with Crippen molar-refractivity contribution in [2.24, 2.45) is 18.2 Å². The molecule has 3 unspecified atom stereocenters. The summed E-state index contributed by atoms with van der Waals surface area (Å²) in [6.45, 7) is 3.81. The Morgan fingerprint density at radius 3 is 2.71 bits per heavy atom. The molecule has 1 aromatic rings. The molecule has 3 atom stereocenters. The second-order valence-corrected chi connectivity index (χ2v) is 4.44. The fourth-order valence-corrected chi connectivity index (χ4v) is 1.80. The molecule has 1 saturated carbocycles. The van der Waals surface area contributed by atoms with Crippen LogP contribution in [0.1, 0.15) is 30.9 Å². The third kappa shape index (κ3) is 1.17. The van der Waals surface area contributed by atoms with Crippen LogP contribution in [0.5, 0.6) is 0 Å². The van der Waals surface area contributed by atoms with Gasteiger partial charge in [-0.1, -0.05) is 6.92 Å². The highest BCUT2D eigenvalue weighted by Gasteiger charge is 2.56. The van der Waals surface area contributed by atoms with Crippen molar-refractivity contribution < 1.29 is 4.39 Å². The molecule has 1 aromatic heterocycles. The van der Waals surface area contributed by atoms with Gasteiger partial charge in [-0.15, -0.1) is 0 Å². The van der Waals surface area contributed by atoms with E-state index in [-0.39, 0.29) is 11.5 Å². The quantitative estimate of drug-likeness (QED) is 0.780. The van der Waals surface area contributed by atoms with E-state index in [9.17, 15) is 4.39 Å². The SMILES string of the molecule is Cc1ncc(C(N)C2(C)CC2F)n1C. The lowest BCUT2D eigenvalue weighted by molar-refractivity contribution is 0.325. The lowest BCUT2D eigenvalue weighted by Gasteiger charge is -2.19. The van der Waals surface area contributed by atoms with Gasteiger partial charge in [0.1, 0.15) is 12.0 Å². The van der Waals surface area contributed by atoms with Gasteiger partial charge >= 0.3 is 0 Å². The monoisotopic (exact) mass is 197 g/mol. The van der Waals surface area contributed by atoms with Crippen molar-refractivity contribution in [1.82, 2.24) is 9.55 Å². The van der Waals surface area contributed by atoms with Gasteiger partial charge in [0.2, 0.25) is 0 Å². The normalized spacial score (nSPS) is 33.1. The van der Waals surface area contributed by atoms with Crippen LogP contribution < -0.4 is 5.73 Å². The summed E-state index contributed by atoms with van der Waals surface area (Å²) in [7, 11) is 1.91. The van der Waals surface area contributed by atoms with Crippen LogP contribution >= 0.6 is 0 Å². The predicted molar refractivity (Wildman–Crippen MR) is 52.5 cm³/mol. The first-order valence-corrected chi connectivity index (χ1v) is 4.84. The summed E-state index contributed by atoms with van der Waals surface area (Å²) in [6, 6.07) is -0.247. The molecular weight excluding hydrogens is 181 g/mol. The number of rotatable bonds is 2. The van der Waals surface area contributed by atoms with Crippen LogP contribution in [0.4, 0.5) is 4.39 Å². The van der Waals surface area contributed by atoms with Crippen LogP contribution in [0.15, 0.2) is 6.20 Å². The Kier molecular flexibility index (Phi) is 1.93. The molecule has 3 nitrogen and oxygen atoms in total. The van der Waals surface area contributed by atoms with Crippen LogP contribution in [0.3, 0.4) is 0 Å². The fourth-order valence-electron chi connectivity index (χ4n) is 1.80. The summed E-state index contributed by atoms with van der Waals surface area (Å²) in [5.74, 6) is 0.912. The Hall–Kier alpha value is -0.900. The number of alkyl halides is 1. The highest BCUT2D eigenvalue weighted by atomic mass is 19.1. The van der Waals surface area contributed by atoms with E-state index in [2.05, 4.69) is 4.98 Å². The van der Waals surface area contributed by atoms with Crippen molar-refractivity contribution in [3.63, 3.8) is 0 Å². The largest absolute Gasteiger partial charge is 0.334 e. The highest BCUT2D eigenvalue weighted by molar-refractivity contribution is 5.18. The molecule has 0 aromatic carbocycles. The number of nitrogens with zero attached hydrogens (tertiary/aromatic N) is 2. The van der Waals surface area contributed by atoms with Gasteiger partial charge in [-0.3, -0.25) is 0 Å². The van der Waals surface area contributed by atoms with E-state index in [0.29, 0.717) is 6.42 Å². The molecule has 0 bridgehead atoms. The average molecular weight is 197 g/mol. The lowest BCUT2D eigenvalue weighted by Crippen LogP contribution is -2.24. The maximum atomic E-state index is 13.1. The van der Waals surface area contributed by atoms with Gasteiger partial charge in [-0.2, -0.15) is 0 Å². The number of hydrogen-bond acceptors (Lipinski definition) is 2. The summed E-state index contributed by atoms with van der Waals surface area (Å²) in [5, 5.41) is 0. The van der Waals surface area contributed by atoms with E-state index in [1.54, 1.807) is 6.20 Å². The molecule has 4 heteroatoms. The Labute approximate surface area is 83.1 Å². The predicted octanol–water partition coefficient (Wildman–Crippen LogP) is 1.48. The molecule has 0 saturated heterocycles. The molecule has 14 heavy (non-hydrogen) atoms. The molecule has 1 aliphatic rings. The van der Waals surface area contributed by atoms with E-state index in [1.165, 1.54) is 0 Å². The third-order valence-electron chi connectivity index (χ3n) is 3.46. The number of aryl methyl sites for hydroxylation is 1. The van der Waals surface area contributed by atoms with Gasteiger partial charge < -0.3 is 10.3 Å². The van der Waals surface area contributed by atoms with E-state index in [1.807, 2.05) is 25.5 Å². The van der Waals surface area contributed by atoms with E-state index in [4.69, 9.17) is 5.73 Å². The van der Waals surface area contributed by atoms with Gasteiger partial charge in [0.25, 0.3) is 0 Å². The second kappa shape index (κ2) is 2.79. The molecule has 2 N–H and O–H groups in total. The van der Waals surface area contributed by atoms with Gasteiger partial charge in [0.15, 0.2) is 0 Å². The van der Waals surface area contributed by atoms with Crippen LogP contribution in [-0.4, -0.2) is 15.7 Å². The number of nitrogens with two attached hydrogens (primary N) is 1. The van der Waals surface area contributed by atoms with E-state index >= 15 is 0 Å². The van der Waals surface area contributed by atoms with Crippen molar-refractivity contribution in [1.29, 1.82) is 0 Å². The Balaban J connectivity index is 2.28. The van der Waals surface area contributed by atoms with Crippen LogP contribution in [0, 0.1) is 12.3 Å². The summed E-state index contributed by atoms with van der Waals surface area (Å²) in [4.78, 5) is 4.16. The molecule has 0 aliphatic heterocycles. The standard InChI is InChI=1S/C10H16FN3/c1-6-13-5-7(14(6)3)9(12)10(2)4-8(10)11/h5,8-9H,4,12H2,1-3H3. The molecule has 1 aliphatic carbocycles. The summed E-state index contributed by atoms with van der Waals surface area (Å²) in [6.07, 6.45) is 1.56. The number of halogens is 1. The first-order valence-electron chi connectivity index (χ1n) is 4.84. The number of aromatic nitrogens is 2. The van der Waals surface area contributed by atoms with Crippen molar-refractivity contribution in [2.75, 3.05) is 0 Å². The highest BCUT2D eigenvalue weighted by Crippen LogP contribution is 2.55. The minimum absolute atomic E-state index is 0.247. The molecule has 78 valence electrons. The smallest absolute Gasteiger partial charge is 0.108 e. The van der Waals surface area contributed by atoms with Crippen LogP contribution in [0.25, 0.3) is 0 Å². The maximum Gasteiger partial charge on any atom is 0.108 e. The first kappa shape index (κ1) is 9.65. The summed E-state index contributed by atoms with van der Waals surface area (Å²) >= 11 is 0. The van der Waals surface area contributed by atoms with Gasteiger partial charge in [-0.25, -0.2) is 9.37 Å². The molecular formula is C10H16FN3. The maximum absolute atomic E-state index is 13.1. The van der Waals surface area contributed by atoms with E-state index < -0.39 is 6.17 Å². The molecule has 1 fully saturated rings. The molecule has 1 heterocycles. The number of imidazole rings is 1. The van der Waals surface area contributed by atoms with Gasteiger partial charge in [0.05, 0.1) is 17.9 Å². The van der Waals surface area contributed by atoms with E-state index in [0.717, 1.165) is 11.5 Å². The van der Waals surface area contributed by atoms with Gasteiger partial charge in [0, 0.05) is 12.5 Å².